The molecule has 1 aromatic carbocycles. The Kier molecular flexibility index (Phi) is 4.46. The van der Waals surface area contributed by atoms with Crippen LogP contribution in [0, 0.1) is 11.3 Å². The molecule has 0 bridgehead atoms. The monoisotopic (exact) mass is 385 g/mol. The van der Waals surface area contributed by atoms with Gasteiger partial charge in [0.05, 0.1) is 12.1 Å². The maximum Gasteiger partial charge on any atom is 0.225 e. The summed E-state index contributed by atoms with van der Waals surface area (Å²) in [5, 5.41) is 14.3. The molecule has 4 rings (SSSR count). The molecule has 1 aliphatic carbocycles. The van der Waals surface area contributed by atoms with Crippen LogP contribution in [0.4, 0.5) is 5.00 Å². The summed E-state index contributed by atoms with van der Waals surface area (Å²) in [6.07, 6.45) is 3.77. The van der Waals surface area contributed by atoms with E-state index in [1.54, 1.807) is 30.6 Å². The summed E-state index contributed by atoms with van der Waals surface area (Å²) in [5.74, 6) is 1.30. The molecular weight excluding hydrogens is 358 g/mol. The molecule has 0 saturated heterocycles. The molecule has 2 aromatic rings. The first kappa shape index (κ1) is 18.4. The molecule has 2 N–H and O–H groups in total. The number of amides is 1. The molecule has 0 unspecified atom stereocenters. The molecule has 144 valence electrons. The number of fused-ring (bicyclic) bond motifs is 3. The van der Waals surface area contributed by atoms with Crippen LogP contribution in [0.5, 0.6) is 11.5 Å². The average molecular weight is 386 g/mol. The van der Waals surface area contributed by atoms with Crippen molar-refractivity contribution in [3.8, 4) is 11.5 Å². The summed E-state index contributed by atoms with van der Waals surface area (Å²) in [6, 6.07) is 5.50. The van der Waals surface area contributed by atoms with Crippen LogP contribution < -0.4 is 10.1 Å². The smallest absolute Gasteiger partial charge is 0.225 e. The minimum Gasteiger partial charge on any atom is -0.504 e. The second-order valence-corrected chi connectivity index (χ2v) is 9.89. The highest BCUT2D eigenvalue weighted by Crippen LogP contribution is 2.50. The van der Waals surface area contributed by atoms with E-state index in [4.69, 9.17) is 4.74 Å². The fourth-order valence-electron chi connectivity index (χ4n) is 4.48. The lowest BCUT2D eigenvalue weighted by Crippen LogP contribution is -2.27. The third-order valence-electron chi connectivity index (χ3n) is 6.13. The molecule has 2 aliphatic rings. The van der Waals surface area contributed by atoms with E-state index < -0.39 is 0 Å². The molecule has 0 fully saturated rings. The third-order valence-corrected chi connectivity index (χ3v) is 7.31. The van der Waals surface area contributed by atoms with Gasteiger partial charge in [0.2, 0.25) is 5.91 Å². The van der Waals surface area contributed by atoms with Crippen molar-refractivity contribution in [1.82, 2.24) is 0 Å². The number of nitrogens with one attached hydrogen (secondary N) is 1. The Morgan fingerprint density at radius 3 is 2.70 bits per heavy atom. The predicted octanol–water partition coefficient (Wildman–Crippen LogP) is 5.09. The number of methoxy groups -OCH3 is 1. The zero-order valence-electron chi connectivity index (χ0n) is 16.4. The van der Waals surface area contributed by atoms with E-state index in [-0.39, 0.29) is 17.6 Å². The van der Waals surface area contributed by atoms with Crippen LogP contribution in [0.25, 0.3) is 0 Å². The van der Waals surface area contributed by atoms with E-state index in [0.29, 0.717) is 23.5 Å². The largest absolute Gasteiger partial charge is 0.504 e. The Labute approximate surface area is 164 Å². The van der Waals surface area contributed by atoms with E-state index in [1.807, 2.05) is 6.07 Å². The highest BCUT2D eigenvalue weighted by molar-refractivity contribution is 7.16. The van der Waals surface area contributed by atoms with Crippen LogP contribution in [-0.2, 0) is 17.6 Å². The van der Waals surface area contributed by atoms with Crippen LogP contribution in [-0.4, -0.2) is 18.1 Å². The van der Waals surface area contributed by atoms with Crippen molar-refractivity contribution in [2.75, 3.05) is 12.4 Å². The molecule has 4 nitrogen and oxygen atoms in total. The van der Waals surface area contributed by atoms with Gasteiger partial charge in [-0.3, -0.25) is 4.79 Å². The number of carbonyl (C=O) groups excluding carboxylic acids is 1. The number of hydrogen-bond donors (Lipinski definition) is 2. The number of phenolic OH excluding ortho intramolecular Hbond substituents is 1. The van der Waals surface area contributed by atoms with Crippen LogP contribution in [0.2, 0.25) is 0 Å². The molecule has 0 saturated carbocycles. The molecule has 1 amide bonds. The topological polar surface area (TPSA) is 58.6 Å². The van der Waals surface area contributed by atoms with E-state index in [1.165, 1.54) is 22.4 Å². The van der Waals surface area contributed by atoms with Crippen LogP contribution in [0.3, 0.4) is 0 Å². The zero-order chi connectivity index (χ0) is 19.3. The number of ether oxygens (including phenoxy) is 1. The Hall–Kier alpha value is -2.01. The predicted molar refractivity (Wildman–Crippen MR) is 109 cm³/mol. The lowest BCUT2D eigenvalue weighted by molar-refractivity contribution is -0.116. The van der Waals surface area contributed by atoms with Crippen molar-refractivity contribution >= 4 is 22.2 Å². The second kappa shape index (κ2) is 6.55. The van der Waals surface area contributed by atoms with Crippen LogP contribution in [0.1, 0.15) is 61.1 Å². The third kappa shape index (κ3) is 3.22. The van der Waals surface area contributed by atoms with Gasteiger partial charge in [0.1, 0.15) is 0 Å². The van der Waals surface area contributed by atoms with Crippen molar-refractivity contribution in [3.05, 3.63) is 39.8 Å². The highest BCUT2D eigenvalue weighted by Gasteiger charge is 2.37. The Morgan fingerprint density at radius 1 is 1.26 bits per heavy atom. The van der Waals surface area contributed by atoms with Gasteiger partial charge in [-0.2, -0.15) is 0 Å². The summed E-state index contributed by atoms with van der Waals surface area (Å²) in [4.78, 5) is 13.8. The lowest BCUT2D eigenvalue weighted by Gasteiger charge is -2.34. The highest BCUT2D eigenvalue weighted by atomic mass is 32.1. The van der Waals surface area contributed by atoms with E-state index in [9.17, 15) is 9.90 Å². The van der Waals surface area contributed by atoms with Gasteiger partial charge < -0.3 is 15.2 Å². The van der Waals surface area contributed by atoms with Gasteiger partial charge in [-0.15, -0.1) is 11.3 Å². The molecule has 0 radical (unpaired) electrons. The number of thiophene rings is 1. The molecule has 1 aliphatic heterocycles. The number of carbonyl (C=O) groups is 1. The lowest BCUT2D eigenvalue weighted by atomic mass is 9.71. The standard InChI is InChI=1S/C22H27NO3S/c1-22(2,3)13-6-7-14-18(10-13)27-21-20(14)15(11-19(25)23-21)12-5-8-17(26-4)16(24)9-12/h5,8-9,13,15,24H,6-7,10-11H2,1-4H3,(H,23,25)/t13-,15+/m1/s1. The quantitative estimate of drug-likeness (QED) is 0.757. The first-order valence-electron chi connectivity index (χ1n) is 9.59. The molecule has 27 heavy (non-hydrogen) atoms. The van der Waals surface area contributed by atoms with Gasteiger partial charge in [0.25, 0.3) is 0 Å². The van der Waals surface area contributed by atoms with Gasteiger partial charge in [0, 0.05) is 17.2 Å². The summed E-state index contributed by atoms with van der Waals surface area (Å²) in [7, 11) is 1.54. The molecule has 2 atom stereocenters. The first-order valence-corrected chi connectivity index (χ1v) is 10.4. The van der Waals surface area contributed by atoms with Crippen molar-refractivity contribution in [1.29, 1.82) is 0 Å². The van der Waals surface area contributed by atoms with Crippen LogP contribution in [0.15, 0.2) is 18.2 Å². The maximum atomic E-state index is 12.4. The Balaban J connectivity index is 1.76. The number of phenols is 1. The average Bonchev–Trinajstić information content (AvgIpc) is 2.97. The number of rotatable bonds is 2. The SMILES string of the molecule is COc1ccc([C@@H]2CC(=O)Nc3sc4c(c32)CC[C@@H](C(C)(C)C)C4)cc1O. The number of hydrogen-bond acceptors (Lipinski definition) is 4. The summed E-state index contributed by atoms with van der Waals surface area (Å²) in [6.45, 7) is 6.96. The number of aromatic hydroxyl groups is 1. The normalized spacial score (nSPS) is 22.0. The van der Waals surface area contributed by atoms with E-state index >= 15 is 0 Å². The van der Waals surface area contributed by atoms with E-state index in [0.717, 1.165) is 23.4 Å². The maximum absolute atomic E-state index is 12.4. The van der Waals surface area contributed by atoms with Gasteiger partial charge >= 0.3 is 0 Å². The molecule has 5 heteroatoms. The fourth-order valence-corrected chi connectivity index (χ4v) is 5.89. The fraction of sp³-hybridized carbons (Fsp3) is 0.500. The number of anilines is 1. The minimum atomic E-state index is -0.00302. The summed E-state index contributed by atoms with van der Waals surface area (Å²) < 4.78 is 5.17. The first-order chi connectivity index (χ1) is 12.8. The molecule has 1 aromatic heterocycles. The summed E-state index contributed by atoms with van der Waals surface area (Å²) >= 11 is 1.75. The van der Waals surface area contributed by atoms with Gasteiger partial charge in [0.15, 0.2) is 11.5 Å². The van der Waals surface area contributed by atoms with Crippen LogP contribution >= 0.6 is 11.3 Å². The Morgan fingerprint density at radius 2 is 2.04 bits per heavy atom. The van der Waals surface area contributed by atoms with Gasteiger partial charge in [-0.25, -0.2) is 0 Å². The number of benzene rings is 1. The van der Waals surface area contributed by atoms with Crippen molar-refractivity contribution < 1.29 is 14.6 Å². The van der Waals surface area contributed by atoms with E-state index in [2.05, 4.69) is 26.1 Å². The zero-order valence-corrected chi connectivity index (χ0v) is 17.2. The van der Waals surface area contributed by atoms with Gasteiger partial charge in [-0.1, -0.05) is 26.8 Å². The Bertz CT molecular complexity index is 894. The summed E-state index contributed by atoms with van der Waals surface area (Å²) in [5.41, 5.74) is 3.97. The van der Waals surface area contributed by atoms with Crippen molar-refractivity contribution in [2.45, 2.75) is 52.4 Å². The molecule has 2 heterocycles. The minimum absolute atomic E-state index is 0.00302. The van der Waals surface area contributed by atoms with Crippen molar-refractivity contribution in [3.63, 3.8) is 0 Å². The molecule has 0 spiro atoms. The van der Waals surface area contributed by atoms with Crippen molar-refractivity contribution in [2.24, 2.45) is 11.3 Å². The second-order valence-electron chi connectivity index (χ2n) is 8.79. The van der Waals surface area contributed by atoms with Gasteiger partial charge in [-0.05, 0) is 59.4 Å². The molecular formula is C22H27NO3S.